The molecular formula is C26H50N6O6S2. The fraction of sp³-hybridized carbons (Fsp3) is 0.692. The molecule has 2 aromatic rings. The second kappa shape index (κ2) is 19.6. The van der Waals surface area contributed by atoms with Gasteiger partial charge in [-0.15, -0.1) is 0 Å². The van der Waals surface area contributed by atoms with Gasteiger partial charge in [-0.1, -0.05) is 40.0 Å². The minimum atomic E-state index is -4.17. The number of aromatic nitrogens is 4. The fourth-order valence-electron chi connectivity index (χ4n) is 3.53. The highest BCUT2D eigenvalue weighted by molar-refractivity contribution is 7.85. The summed E-state index contributed by atoms with van der Waals surface area (Å²) < 4.78 is 67.9. The molecular weight excluding hydrogens is 556 g/mol. The second-order valence-corrected chi connectivity index (χ2v) is 12.7. The third-order valence-electron chi connectivity index (χ3n) is 5.66. The molecule has 14 heteroatoms. The summed E-state index contributed by atoms with van der Waals surface area (Å²) in [6.45, 7) is 9.59. The lowest BCUT2D eigenvalue weighted by molar-refractivity contribution is -0.671. The zero-order chi connectivity index (χ0) is 30.8. The van der Waals surface area contributed by atoms with Crippen molar-refractivity contribution < 1.29 is 35.1 Å². The Kier molecular flexibility index (Phi) is 18.4. The maximum Gasteiger partial charge on any atom is 0.243 e. The predicted octanol–water partition coefficient (Wildman–Crippen LogP) is 1.76. The second-order valence-electron chi connectivity index (χ2n) is 9.81. The van der Waals surface area contributed by atoms with Crippen molar-refractivity contribution in [3.05, 3.63) is 49.8 Å². The number of hydrogen-bond donors (Lipinski definition) is 0. The quantitative estimate of drug-likeness (QED) is 0.279. The number of nitrogens with zero attached hydrogens (tertiary/aromatic N) is 6. The van der Waals surface area contributed by atoms with Crippen LogP contribution >= 0.6 is 0 Å². The Morgan fingerprint density at radius 1 is 0.750 bits per heavy atom. The molecule has 232 valence electrons. The predicted molar refractivity (Wildman–Crippen MR) is 154 cm³/mol. The standard InChI is InChI=1S/C9H18N2O3S.2C8H15N2.CH4O3S/c1-3-4-5-11-7-6-10(2)9(11)8-15(12,13)14;2*1-3-4-5-10-7-6-9(2)8-10;1-5(2,3)4/h6-7,9H,3-5,8H2,1-2H3,(H,12,13,14);2*6-8H,3-5H2,1-2H3;1H3,(H,2,3,4)/q;2*+1;/p-2. The molecule has 40 heavy (non-hydrogen) atoms. The van der Waals surface area contributed by atoms with E-state index in [1.54, 1.807) is 18.1 Å². The molecule has 0 N–H and O–H groups in total. The Balaban J connectivity index is 0.000000539. The van der Waals surface area contributed by atoms with Crippen LogP contribution in [0.1, 0.15) is 59.3 Å². The summed E-state index contributed by atoms with van der Waals surface area (Å²) in [5.41, 5.74) is 0. The van der Waals surface area contributed by atoms with Gasteiger partial charge in [-0.05, 0) is 19.3 Å². The van der Waals surface area contributed by atoms with Crippen LogP contribution in [0.3, 0.4) is 0 Å². The van der Waals surface area contributed by atoms with E-state index in [0.29, 0.717) is 6.26 Å². The molecule has 0 aliphatic carbocycles. The van der Waals surface area contributed by atoms with E-state index in [9.17, 15) is 13.0 Å². The van der Waals surface area contributed by atoms with E-state index in [1.165, 1.54) is 25.7 Å². The van der Waals surface area contributed by atoms with Crippen molar-refractivity contribution in [2.45, 2.75) is 78.6 Å². The smallest absolute Gasteiger partial charge is 0.243 e. The first-order valence-corrected chi connectivity index (χ1v) is 17.0. The van der Waals surface area contributed by atoms with Crippen LogP contribution in [0.4, 0.5) is 0 Å². The van der Waals surface area contributed by atoms with E-state index in [4.69, 9.17) is 13.0 Å². The minimum Gasteiger partial charge on any atom is -0.748 e. The number of unbranched alkanes of at least 4 members (excludes halogenated alkanes) is 3. The minimum absolute atomic E-state index is 0.334. The van der Waals surface area contributed by atoms with Crippen molar-refractivity contribution in [1.82, 2.24) is 18.9 Å². The van der Waals surface area contributed by atoms with Gasteiger partial charge in [0.15, 0.2) is 0 Å². The van der Waals surface area contributed by atoms with E-state index < -0.39 is 20.2 Å². The van der Waals surface area contributed by atoms with Gasteiger partial charge >= 0.3 is 0 Å². The Hall–Kier alpha value is -2.42. The molecule has 0 bridgehead atoms. The molecule has 0 spiro atoms. The lowest BCUT2D eigenvalue weighted by atomic mass is 10.3. The number of hydrogen-bond acceptors (Lipinski definition) is 8. The summed E-state index contributed by atoms with van der Waals surface area (Å²) in [6, 6.07) is 0. The molecule has 3 rings (SSSR count). The molecule has 12 nitrogen and oxygen atoms in total. The molecule has 0 saturated carbocycles. The molecule has 0 radical (unpaired) electrons. The topological polar surface area (TPSA) is 138 Å². The zero-order valence-corrected chi connectivity index (χ0v) is 26.8. The van der Waals surface area contributed by atoms with Crippen LogP contribution in [0.5, 0.6) is 0 Å². The first-order valence-electron chi connectivity index (χ1n) is 13.6. The number of imidazole rings is 2. The molecule has 1 aliphatic rings. The molecule has 0 fully saturated rings. The first-order chi connectivity index (χ1) is 18.6. The van der Waals surface area contributed by atoms with Crippen molar-refractivity contribution in [2.75, 3.05) is 25.6 Å². The van der Waals surface area contributed by atoms with E-state index >= 15 is 0 Å². The van der Waals surface area contributed by atoms with Crippen molar-refractivity contribution in [1.29, 1.82) is 0 Å². The lowest BCUT2D eigenvalue weighted by Gasteiger charge is -2.31. The average molecular weight is 607 g/mol. The van der Waals surface area contributed by atoms with Crippen molar-refractivity contribution in [2.24, 2.45) is 14.1 Å². The van der Waals surface area contributed by atoms with Crippen LogP contribution in [0.25, 0.3) is 0 Å². The summed E-state index contributed by atoms with van der Waals surface area (Å²) in [5, 5.41) is 0. The highest BCUT2D eigenvalue weighted by atomic mass is 32.2. The molecule has 0 saturated heterocycles. The van der Waals surface area contributed by atoms with Crippen LogP contribution in [0.2, 0.25) is 0 Å². The van der Waals surface area contributed by atoms with Gasteiger partial charge in [0.1, 0.15) is 31.0 Å². The van der Waals surface area contributed by atoms with Crippen molar-refractivity contribution >= 4 is 20.2 Å². The largest absolute Gasteiger partial charge is 0.748 e. The number of rotatable bonds is 11. The maximum absolute atomic E-state index is 10.7. The van der Waals surface area contributed by atoms with Crippen LogP contribution in [0.15, 0.2) is 49.8 Å². The monoisotopic (exact) mass is 606 g/mol. The van der Waals surface area contributed by atoms with E-state index in [1.807, 2.05) is 25.2 Å². The summed E-state index contributed by atoms with van der Waals surface area (Å²) in [6.07, 6.45) is 23.6. The summed E-state index contributed by atoms with van der Waals surface area (Å²) in [7, 11) is -2.22. The average Bonchev–Trinajstić information content (AvgIpc) is 3.55. The van der Waals surface area contributed by atoms with Gasteiger partial charge in [0.25, 0.3) is 0 Å². The van der Waals surface area contributed by atoms with Crippen molar-refractivity contribution in [3.8, 4) is 0 Å². The highest BCUT2D eigenvalue weighted by Gasteiger charge is 2.24. The van der Waals surface area contributed by atoms with Gasteiger partial charge in [0.2, 0.25) is 12.7 Å². The van der Waals surface area contributed by atoms with Crippen molar-refractivity contribution in [3.63, 3.8) is 0 Å². The zero-order valence-electron chi connectivity index (χ0n) is 25.2. The Labute approximate surface area is 242 Å². The highest BCUT2D eigenvalue weighted by Crippen LogP contribution is 2.16. The SMILES string of the molecule is CCCCN1C=CN(C)C1CS(=O)(=O)[O-].CCCCn1cc[n+](C)c1.CCCCn1cc[n+](C)c1.CS(=O)(=O)[O-]. The van der Waals surface area contributed by atoms with E-state index in [0.717, 1.165) is 32.5 Å². The van der Waals surface area contributed by atoms with E-state index in [2.05, 4.69) is 76.5 Å². The van der Waals surface area contributed by atoms with Gasteiger partial charge in [0.05, 0.1) is 53.2 Å². The fourth-order valence-corrected chi connectivity index (χ4v) is 4.32. The van der Waals surface area contributed by atoms with Gasteiger partial charge in [-0.2, -0.15) is 0 Å². The summed E-state index contributed by atoms with van der Waals surface area (Å²) in [5.74, 6) is -0.361. The van der Waals surface area contributed by atoms with Gasteiger partial charge < -0.3 is 18.9 Å². The number of aryl methyl sites for hydroxylation is 4. The lowest BCUT2D eigenvalue weighted by Crippen LogP contribution is -2.42. The molecule has 1 atom stereocenters. The Bertz CT molecular complexity index is 1130. The van der Waals surface area contributed by atoms with Gasteiger partial charge in [-0.25, -0.2) is 35.1 Å². The molecule has 3 heterocycles. The first kappa shape index (κ1) is 37.6. The van der Waals surface area contributed by atoms with Gasteiger partial charge in [0, 0.05) is 32.2 Å². The normalized spacial score (nSPS) is 14.6. The van der Waals surface area contributed by atoms with Crippen LogP contribution in [0, 0.1) is 0 Å². The molecule has 1 unspecified atom stereocenters. The Morgan fingerprint density at radius 3 is 1.48 bits per heavy atom. The third kappa shape index (κ3) is 20.5. The maximum atomic E-state index is 10.7. The third-order valence-corrected chi connectivity index (χ3v) is 6.36. The van der Waals surface area contributed by atoms with Crippen LogP contribution in [-0.2, 0) is 47.4 Å². The molecule has 2 aromatic heterocycles. The van der Waals surface area contributed by atoms with Crippen LogP contribution in [-0.4, -0.2) is 76.6 Å². The van der Waals surface area contributed by atoms with Gasteiger partial charge in [-0.3, -0.25) is 0 Å². The molecule has 0 aromatic carbocycles. The molecule has 0 amide bonds. The summed E-state index contributed by atoms with van der Waals surface area (Å²) in [4.78, 5) is 3.66. The van der Waals surface area contributed by atoms with Crippen LogP contribution < -0.4 is 9.13 Å². The molecule has 1 aliphatic heterocycles. The van der Waals surface area contributed by atoms with E-state index in [-0.39, 0.29) is 11.9 Å². The Morgan fingerprint density at radius 2 is 1.15 bits per heavy atom. The summed E-state index contributed by atoms with van der Waals surface area (Å²) >= 11 is 0.